The van der Waals surface area contributed by atoms with E-state index in [2.05, 4.69) is 10.4 Å². The fourth-order valence-electron chi connectivity index (χ4n) is 2.26. The molecule has 0 unspecified atom stereocenters. The smallest absolute Gasteiger partial charge is 0.244 e. The number of nitrogens with zero attached hydrogens (tertiary/aromatic N) is 2. The Morgan fingerprint density at radius 1 is 1.39 bits per heavy atom. The molecular formula is C17H20ClN3O2. The summed E-state index contributed by atoms with van der Waals surface area (Å²) in [6.45, 7) is 2.82. The minimum Gasteiger partial charge on any atom is -0.380 e. The van der Waals surface area contributed by atoms with Crippen LogP contribution in [0.3, 0.4) is 0 Å². The van der Waals surface area contributed by atoms with Gasteiger partial charge < -0.3 is 10.1 Å². The Labute approximate surface area is 140 Å². The highest BCUT2D eigenvalue weighted by Crippen LogP contribution is 2.19. The lowest BCUT2D eigenvalue weighted by Crippen LogP contribution is -2.21. The van der Waals surface area contributed by atoms with Gasteiger partial charge in [-0.05, 0) is 24.1 Å². The summed E-state index contributed by atoms with van der Waals surface area (Å²) in [7, 11) is 3.41. The quantitative estimate of drug-likeness (QED) is 0.827. The number of aromatic nitrogens is 2. The SMILES string of the molecule is COCc1ccccc1CNC(=O)/C=C/c1c(C)nn(C)c1Cl. The molecule has 0 fully saturated rings. The number of rotatable bonds is 6. The summed E-state index contributed by atoms with van der Waals surface area (Å²) in [6, 6.07) is 7.85. The topological polar surface area (TPSA) is 56.1 Å². The van der Waals surface area contributed by atoms with E-state index in [0.717, 1.165) is 22.4 Å². The molecule has 23 heavy (non-hydrogen) atoms. The lowest BCUT2D eigenvalue weighted by Gasteiger charge is -2.08. The van der Waals surface area contributed by atoms with Gasteiger partial charge in [-0.2, -0.15) is 5.10 Å². The fraction of sp³-hybridized carbons (Fsp3) is 0.294. The summed E-state index contributed by atoms with van der Waals surface area (Å²) in [5.74, 6) is -0.184. The number of nitrogens with one attached hydrogen (secondary N) is 1. The van der Waals surface area contributed by atoms with E-state index in [1.54, 1.807) is 24.9 Å². The van der Waals surface area contributed by atoms with Crippen molar-refractivity contribution in [3.63, 3.8) is 0 Å². The van der Waals surface area contributed by atoms with Crippen LogP contribution in [-0.4, -0.2) is 22.8 Å². The molecule has 1 amide bonds. The molecular weight excluding hydrogens is 314 g/mol. The Morgan fingerprint density at radius 3 is 2.70 bits per heavy atom. The van der Waals surface area contributed by atoms with Gasteiger partial charge >= 0.3 is 0 Å². The third-order valence-corrected chi connectivity index (χ3v) is 3.92. The number of hydrogen-bond acceptors (Lipinski definition) is 3. The standard InChI is InChI=1S/C17H20ClN3O2/c1-12-15(17(18)21(2)20-12)8-9-16(22)19-10-13-6-4-5-7-14(13)11-23-3/h4-9H,10-11H2,1-3H3,(H,19,22)/b9-8+. The van der Waals surface area contributed by atoms with Crippen molar-refractivity contribution in [1.29, 1.82) is 0 Å². The minimum atomic E-state index is -0.184. The largest absolute Gasteiger partial charge is 0.380 e. The number of carbonyl (C=O) groups excluding carboxylic acids is 1. The Bertz CT molecular complexity index is 723. The van der Waals surface area contributed by atoms with Crippen LogP contribution < -0.4 is 5.32 Å². The van der Waals surface area contributed by atoms with Gasteiger partial charge in [-0.15, -0.1) is 0 Å². The average molecular weight is 334 g/mol. The molecule has 5 nitrogen and oxygen atoms in total. The van der Waals surface area contributed by atoms with Crippen molar-refractivity contribution in [1.82, 2.24) is 15.1 Å². The van der Waals surface area contributed by atoms with Crippen molar-refractivity contribution in [3.8, 4) is 0 Å². The molecule has 1 N–H and O–H groups in total. The van der Waals surface area contributed by atoms with E-state index in [-0.39, 0.29) is 5.91 Å². The van der Waals surface area contributed by atoms with Crippen molar-refractivity contribution < 1.29 is 9.53 Å². The number of hydrogen-bond donors (Lipinski definition) is 1. The van der Waals surface area contributed by atoms with Crippen LogP contribution in [0.5, 0.6) is 0 Å². The van der Waals surface area contributed by atoms with Crippen molar-refractivity contribution >= 4 is 23.6 Å². The molecule has 2 rings (SSSR count). The summed E-state index contributed by atoms with van der Waals surface area (Å²) in [6.07, 6.45) is 3.15. The highest BCUT2D eigenvalue weighted by molar-refractivity contribution is 6.31. The van der Waals surface area contributed by atoms with Gasteiger partial charge in [-0.25, -0.2) is 0 Å². The van der Waals surface area contributed by atoms with E-state index in [1.807, 2.05) is 31.2 Å². The van der Waals surface area contributed by atoms with Crippen LogP contribution in [0.15, 0.2) is 30.3 Å². The molecule has 0 aliphatic heterocycles. The summed E-state index contributed by atoms with van der Waals surface area (Å²) >= 11 is 6.13. The molecule has 6 heteroatoms. The third kappa shape index (κ3) is 4.43. The molecule has 0 aliphatic rings. The molecule has 0 bridgehead atoms. The first kappa shape index (κ1) is 17.2. The number of aryl methyl sites for hydroxylation is 2. The van der Waals surface area contributed by atoms with Gasteiger partial charge in [-0.3, -0.25) is 9.48 Å². The molecule has 0 aliphatic carbocycles. The van der Waals surface area contributed by atoms with Crippen LogP contribution >= 0.6 is 11.6 Å². The van der Waals surface area contributed by atoms with Gasteiger partial charge in [0.25, 0.3) is 0 Å². The lowest BCUT2D eigenvalue weighted by atomic mass is 10.1. The zero-order valence-corrected chi connectivity index (χ0v) is 14.2. The maximum absolute atomic E-state index is 12.0. The number of ether oxygens (including phenoxy) is 1. The number of amides is 1. The summed E-state index contributed by atoms with van der Waals surface area (Å²) in [5, 5.41) is 7.58. The minimum absolute atomic E-state index is 0.184. The molecule has 1 aromatic carbocycles. The van der Waals surface area contributed by atoms with Crippen molar-refractivity contribution in [3.05, 3.63) is 57.9 Å². The molecule has 1 aromatic heterocycles. The summed E-state index contributed by atoms with van der Waals surface area (Å²) < 4.78 is 6.74. The molecule has 0 spiro atoms. The van der Waals surface area contributed by atoms with Gasteiger partial charge in [0, 0.05) is 32.3 Å². The second kappa shape index (κ2) is 7.94. The Balaban J connectivity index is 1.99. The fourth-order valence-corrected chi connectivity index (χ4v) is 2.50. The van der Waals surface area contributed by atoms with Crippen molar-refractivity contribution in [2.45, 2.75) is 20.1 Å². The predicted molar refractivity (Wildman–Crippen MR) is 91.0 cm³/mol. The van der Waals surface area contributed by atoms with Crippen LogP contribution in [0.4, 0.5) is 0 Å². The van der Waals surface area contributed by atoms with Crippen LogP contribution in [0.2, 0.25) is 5.15 Å². The third-order valence-electron chi connectivity index (χ3n) is 3.47. The van der Waals surface area contributed by atoms with E-state index in [0.29, 0.717) is 18.3 Å². The number of benzene rings is 1. The first-order chi connectivity index (χ1) is 11.0. The molecule has 0 radical (unpaired) electrons. The van der Waals surface area contributed by atoms with Crippen molar-refractivity contribution in [2.75, 3.05) is 7.11 Å². The summed E-state index contributed by atoms with van der Waals surface area (Å²) in [5.41, 5.74) is 3.63. The number of halogens is 1. The molecule has 0 atom stereocenters. The highest BCUT2D eigenvalue weighted by Gasteiger charge is 2.08. The molecule has 122 valence electrons. The second-order valence-electron chi connectivity index (χ2n) is 5.17. The lowest BCUT2D eigenvalue weighted by molar-refractivity contribution is -0.116. The van der Waals surface area contributed by atoms with Crippen molar-refractivity contribution in [2.24, 2.45) is 7.05 Å². The first-order valence-corrected chi connectivity index (χ1v) is 7.61. The van der Waals surface area contributed by atoms with Crippen LogP contribution in [0, 0.1) is 6.92 Å². The Hall–Kier alpha value is -2.11. The van der Waals surface area contributed by atoms with Crippen LogP contribution in [0.1, 0.15) is 22.4 Å². The maximum atomic E-state index is 12.0. The van der Waals surface area contributed by atoms with Crippen LogP contribution in [-0.2, 0) is 29.7 Å². The van der Waals surface area contributed by atoms with Gasteiger partial charge in [0.2, 0.25) is 5.91 Å². The van der Waals surface area contributed by atoms with E-state index in [4.69, 9.17) is 16.3 Å². The van der Waals surface area contributed by atoms with E-state index >= 15 is 0 Å². The monoisotopic (exact) mass is 333 g/mol. The molecule has 0 saturated heterocycles. The second-order valence-corrected chi connectivity index (χ2v) is 5.52. The van der Waals surface area contributed by atoms with Gasteiger partial charge in [0.05, 0.1) is 12.3 Å². The van der Waals surface area contributed by atoms with E-state index in [9.17, 15) is 4.79 Å². The number of methoxy groups -OCH3 is 1. The highest BCUT2D eigenvalue weighted by atomic mass is 35.5. The van der Waals surface area contributed by atoms with Crippen LogP contribution in [0.25, 0.3) is 6.08 Å². The van der Waals surface area contributed by atoms with E-state index in [1.165, 1.54) is 6.08 Å². The van der Waals surface area contributed by atoms with E-state index < -0.39 is 0 Å². The van der Waals surface area contributed by atoms with Gasteiger partial charge in [0.15, 0.2) is 0 Å². The van der Waals surface area contributed by atoms with Gasteiger partial charge in [-0.1, -0.05) is 35.9 Å². The summed E-state index contributed by atoms with van der Waals surface area (Å²) in [4.78, 5) is 12.0. The van der Waals surface area contributed by atoms with Gasteiger partial charge in [0.1, 0.15) is 5.15 Å². The predicted octanol–water partition coefficient (Wildman–Crippen LogP) is 2.86. The molecule has 1 heterocycles. The first-order valence-electron chi connectivity index (χ1n) is 7.23. The average Bonchev–Trinajstić information content (AvgIpc) is 2.77. The zero-order valence-electron chi connectivity index (χ0n) is 13.5. The number of carbonyl (C=O) groups is 1. The molecule has 0 saturated carbocycles. The Kier molecular flexibility index (Phi) is 5.96. The Morgan fingerprint density at radius 2 is 2.09 bits per heavy atom. The maximum Gasteiger partial charge on any atom is 0.244 e. The molecule has 2 aromatic rings. The normalized spacial score (nSPS) is 11.1. The zero-order chi connectivity index (χ0) is 16.8.